The Morgan fingerprint density at radius 2 is 1.83 bits per heavy atom. The van der Waals surface area contributed by atoms with E-state index in [0.717, 1.165) is 0 Å². The molecule has 2 amide bonds. The molecule has 0 bridgehead atoms. The van der Waals surface area contributed by atoms with Gasteiger partial charge in [0.1, 0.15) is 11.3 Å². The Morgan fingerprint density at radius 3 is 2.50 bits per heavy atom. The smallest absolute Gasteiger partial charge is 0.291 e. The minimum Gasteiger partial charge on any atom is -0.459 e. The molecule has 24 heavy (non-hydrogen) atoms. The fourth-order valence-electron chi connectivity index (χ4n) is 2.56. The molecule has 0 saturated heterocycles. The van der Waals surface area contributed by atoms with Crippen molar-refractivity contribution in [1.82, 2.24) is 4.90 Å². The van der Waals surface area contributed by atoms with E-state index in [1.807, 2.05) is 26.0 Å². The van der Waals surface area contributed by atoms with Crippen molar-refractivity contribution < 1.29 is 18.4 Å². The third-order valence-electron chi connectivity index (χ3n) is 3.82. The highest BCUT2D eigenvalue weighted by Gasteiger charge is 2.25. The maximum Gasteiger partial charge on any atom is 0.291 e. The van der Waals surface area contributed by atoms with E-state index < -0.39 is 5.91 Å². The molecule has 0 aliphatic heterocycles. The number of nitrogens with one attached hydrogen (secondary N) is 1. The molecule has 0 radical (unpaired) electrons. The summed E-state index contributed by atoms with van der Waals surface area (Å²) >= 11 is 0. The summed E-state index contributed by atoms with van der Waals surface area (Å²) < 4.78 is 10.8. The van der Waals surface area contributed by atoms with Gasteiger partial charge in [0, 0.05) is 18.5 Å². The van der Waals surface area contributed by atoms with Crippen molar-refractivity contribution in [2.24, 2.45) is 0 Å². The first-order chi connectivity index (χ1) is 11.7. The summed E-state index contributed by atoms with van der Waals surface area (Å²) in [6, 6.07) is 10.4. The van der Waals surface area contributed by atoms with Crippen LogP contribution in [0.3, 0.4) is 0 Å². The molecule has 0 unspecified atom stereocenters. The Hall–Kier alpha value is -3.02. The fraction of sp³-hybridized carbons (Fsp3) is 0.222. The number of hydrogen-bond acceptors (Lipinski definition) is 4. The summed E-state index contributed by atoms with van der Waals surface area (Å²) in [4.78, 5) is 26.7. The van der Waals surface area contributed by atoms with Crippen LogP contribution < -0.4 is 5.32 Å². The van der Waals surface area contributed by atoms with E-state index in [-0.39, 0.29) is 17.4 Å². The molecular weight excluding hydrogens is 308 g/mol. The van der Waals surface area contributed by atoms with Crippen LogP contribution in [0.15, 0.2) is 51.5 Å². The highest BCUT2D eigenvalue weighted by Crippen LogP contribution is 2.32. The molecule has 1 aromatic carbocycles. The van der Waals surface area contributed by atoms with Gasteiger partial charge in [0.25, 0.3) is 11.8 Å². The maximum atomic E-state index is 12.7. The highest BCUT2D eigenvalue weighted by atomic mass is 16.4. The predicted molar refractivity (Wildman–Crippen MR) is 90.1 cm³/mol. The van der Waals surface area contributed by atoms with Gasteiger partial charge in [0.05, 0.1) is 6.26 Å². The number of fused-ring (bicyclic) bond motifs is 1. The minimum absolute atomic E-state index is 0.125. The van der Waals surface area contributed by atoms with E-state index in [0.29, 0.717) is 29.7 Å². The van der Waals surface area contributed by atoms with Gasteiger partial charge in [-0.1, -0.05) is 12.1 Å². The molecule has 3 rings (SSSR count). The molecule has 2 aromatic heterocycles. The van der Waals surface area contributed by atoms with E-state index in [2.05, 4.69) is 5.32 Å². The number of rotatable bonds is 5. The van der Waals surface area contributed by atoms with Gasteiger partial charge in [-0.2, -0.15) is 0 Å². The van der Waals surface area contributed by atoms with Gasteiger partial charge in [0.2, 0.25) is 5.76 Å². The van der Waals surface area contributed by atoms with E-state index in [4.69, 9.17) is 8.83 Å². The summed E-state index contributed by atoms with van der Waals surface area (Å²) in [6.07, 6.45) is 1.42. The Kier molecular flexibility index (Phi) is 4.37. The average molecular weight is 326 g/mol. The zero-order chi connectivity index (χ0) is 17.1. The molecule has 6 heteroatoms. The third-order valence-corrected chi connectivity index (χ3v) is 3.82. The van der Waals surface area contributed by atoms with Gasteiger partial charge in [-0.3, -0.25) is 9.59 Å². The first-order valence-corrected chi connectivity index (χ1v) is 7.81. The number of furan rings is 2. The molecular formula is C18H18N2O4. The standard InChI is InChI=1S/C18H18N2O4/c1-3-20(4-2)18(22)16-15(12-8-5-6-9-13(12)24-16)19-17(21)14-10-7-11-23-14/h5-11H,3-4H2,1-2H3,(H,19,21). The van der Waals surface area contributed by atoms with Gasteiger partial charge in [0.15, 0.2) is 5.76 Å². The second-order valence-corrected chi connectivity index (χ2v) is 5.21. The average Bonchev–Trinajstić information content (AvgIpc) is 3.24. The van der Waals surface area contributed by atoms with E-state index in [9.17, 15) is 9.59 Å². The highest BCUT2D eigenvalue weighted by molar-refractivity contribution is 6.13. The third kappa shape index (κ3) is 2.78. The molecule has 3 aromatic rings. The van der Waals surface area contributed by atoms with Crippen LogP contribution in [0.5, 0.6) is 0 Å². The predicted octanol–water partition coefficient (Wildman–Crippen LogP) is 3.76. The SMILES string of the molecule is CCN(CC)C(=O)c1oc2ccccc2c1NC(=O)c1ccco1. The van der Waals surface area contributed by atoms with Crippen LogP contribution >= 0.6 is 0 Å². The largest absolute Gasteiger partial charge is 0.459 e. The number of para-hydroxylation sites is 1. The quantitative estimate of drug-likeness (QED) is 0.774. The number of hydrogen-bond donors (Lipinski definition) is 1. The lowest BCUT2D eigenvalue weighted by Gasteiger charge is -2.17. The first-order valence-electron chi connectivity index (χ1n) is 7.81. The van der Waals surface area contributed by atoms with E-state index in [1.165, 1.54) is 6.26 Å². The summed E-state index contributed by atoms with van der Waals surface area (Å²) in [6.45, 7) is 4.90. The van der Waals surface area contributed by atoms with Gasteiger partial charge in [-0.05, 0) is 38.1 Å². The molecule has 6 nitrogen and oxygen atoms in total. The van der Waals surface area contributed by atoms with Crippen molar-refractivity contribution in [3.05, 3.63) is 54.2 Å². The Labute approximate surface area is 139 Å². The first kappa shape index (κ1) is 15.9. The summed E-state index contributed by atoms with van der Waals surface area (Å²) in [5, 5.41) is 3.42. The molecule has 2 heterocycles. The van der Waals surface area contributed by atoms with Crippen LogP contribution in [0.4, 0.5) is 5.69 Å². The van der Waals surface area contributed by atoms with Crippen molar-refractivity contribution in [1.29, 1.82) is 0 Å². The monoisotopic (exact) mass is 326 g/mol. The fourth-order valence-corrected chi connectivity index (χ4v) is 2.56. The Bertz CT molecular complexity index is 860. The maximum absolute atomic E-state index is 12.7. The van der Waals surface area contributed by atoms with E-state index >= 15 is 0 Å². The van der Waals surface area contributed by atoms with Crippen LogP contribution in [0.25, 0.3) is 11.0 Å². The molecule has 1 N–H and O–H groups in total. The van der Waals surface area contributed by atoms with Gasteiger partial charge in [-0.25, -0.2) is 0 Å². The number of benzene rings is 1. The van der Waals surface area contributed by atoms with Crippen molar-refractivity contribution in [2.75, 3.05) is 18.4 Å². The summed E-state index contributed by atoms with van der Waals surface area (Å²) in [5.41, 5.74) is 0.909. The molecule has 0 aliphatic rings. The lowest BCUT2D eigenvalue weighted by Crippen LogP contribution is -2.31. The summed E-state index contributed by atoms with van der Waals surface area (Å²) in [5.74, 6) is -0.396. The topological polar surface area (TPSA) is 75.7 Å². The van der Waals surface area contributed by atoms with Crippen molar-refractivity contribution in [3.8, 4) is 0 Å². The molecule has 0 fully saturated rings. The molecule has 0 saturated carbocycles. The van der Waals surface area contributed by atoms with Crippen LogP contribution in [0.2, 0.25) is 0 Å². The van der Waals surface area contributed by atoms with Gasteiger partial charge < -0.3 is 19.1 Å². The zero-order valence-electron chi connectivity index (χ0n) is 13.5. The second kappa shape index (κ2) is 6.62. The molecule has 0 atom stereocenters. The molecule has 0 spiro atoms. The number of nitrogens with zero attached hydrogens (tertiary/aromatic N) is 1. The minimum atomic E-state index is -0.430. The van der Waals surface area contributed by atoms with Gasteiger partial charge >= 0.3 is 0 Å². The van der Waals surface area contributed by atoms with Crippen molar-refractivity contribution in [3.63, 3.8) is 0 Å². The second-order valence-electron chi connectivity index (χ2n) is 5.21. The number of anilines is 1. The Balaban J connectivity index is 2.05. The Morgan fingerprint density at radius 1 is 1.08 bits per heavy atom. The molecule has 0 aliphatic carbocycles. The lowest BCUT2D eigenvalue weighted by atomic mass is 10.2. The number of carbonyl (C=O) groups excluding carboxylic acids is 2. The number of amides is 2. The van der Waals surface area contributed by atoms with Crippen LogP contribution in [-0.2, 0) is 0 Å². The van der Waals surface area contributed by atoms with Crippen LogP contribution in [0.1, 0.15) is 35.0 Å². The van der Waals surface area contributed by atoms with Crippen molar-refractivity contribution >= 4 is 28.5 Å². The lowest BCUT2D eigenvalue weighted by molar-refractivity contribution is 0.0745. The van der Waals surface area contributed by atoms with Gasteiger partial charge in [-0.15, -0.1) is 0 Å². The van der Waals surface area contributed by atoms with Crippen LogP contribution in [0, 0.1) is 0 Å². The van der Waals surface area contributed by atoms with Crippen molar-refractivity contribution in [2.45, 2.75) is 13.8 Å². The van der Waals surface area contributed by atoms with E-state index in [1.54, 1.807) is 29.2 Å². The van der Waals surface area contributed by atoms with Crippen LogP contribution in [-0.4, -0.2) is 29.8 Å². The molecule has 124 valence electrons. The summed E-state index contributed by atoms with van der Waals surface area (Å²) in [7, 11) is 0. The normalized spacial score (nSPS) is 10.8. The number of carbonyl (C=O) groups is 2. The zero-order valence-corrected chi connectivity index (χ0v) is 13.5.